The highest BCUT2D eigenvalue weighted by Crippen LogP contribution is 2.27. The first-order chi connectivity index (χ1) is 14.4. The topological polar surface area (TPSA) is 90.0 Å². The molecule has 2 aliphatic heterocycles. The zero-order valence-electron chi connectivity index (χ0n) is 17.7. The first kappa shape index (κ1) is 21.9. The molecule has 0 unspecified atom stereocenters. The summed E-state index contributed by atoms with van der Waals surface area (Å²) in [6.07, 6.45) is 5.87. The van der Waals surface area contributed by atoms with Gasteiger partial charge in [-0.05, 0) is 49.7 Å². The lowest BCUT2D eigenvalue weighted by Gasteiger charge is -2.33. The number of hydrogen-bond donors (Lipinski definition) is 2. The van der Waals surface area contributed by atoms with Gasteiger partial charge in [0, 0.05) is 30.9 Å². The highest BCUT2D eigenvalue weighted by molar-refractivity contribution is 6.03. The number of piperidine rings is 1. The summed E-state index contributed by atoms with van der Waals surface area (Å²) in [5, 5.41) is 12.4. The summed E-state index contributed by atoms with van der Waals surface area (Å²) in [5.41, 5.74) is 2.10. The van der Waals surface area contributed by atoms with Crippen LogP contribution < -0.4 is 10.2 Å². The van der Waals surface area contributed by atoms with Crippen LogP contribution in [0, 0.1) is 5.92 Å². The maximum absolute atomic E-state index is 12.8. The van der Waals surface area contributed by atoms with E-state index in [0.29, 0.717) is 31.8 Å². The molecular weight excluding hydrogens is 382 g/mol. The molecule has 0 bridgehead atoms. The molecule has 7 heteroatoms. The van der Waals surface area contributed by atoms with Gasteiger partial charge in [0.1, 0.15) is 6.04 Å². The van der Waals surface area contributed by atoms with Crippen LogP contribution in [-0.2, 0) is 16.0 Å². The number of anilines is 1. The lowest BCUT2D eigenvalue weighted by Crippen LogP contribution is -2.53. The largest absolute Gasteiger partial charge is 0.465 e. The lowest BCUT2D eigenvalue weighted by molar-refractivity contribution is -0.127. The zero-order valence-corrected chi connectivity index (χ0v) is 17.7. The van der Waals surface area contributed by atoms with Crippen LogP contribution in [0.15, 0.2) is 36.4 Å². The van der Waals surface area contributed by atoms with Crippen LogP contribution in [0.25, 0.3) is 0 Å². The van der Waals surface area contributed by atoms with Crippen molar-refractivity contribution in [3.05, 3.63) is 42.0 Å². The Balaban J connectivity index is 1.67. The van der Waals surface area contributed by atoms with E-state index in [4.69, 9.17) is 0 Å². The molecule has 0 saturated carbocycles. The third kappa shape index (κ3) is 5.20. The van der Waals surface area contributed by atoms with Crippen LogP contribution in [0.3, 0.4) is 0 Å². The van der Waals surface area contributed by atoms with Crippen molar-refractivity contribution in [3.63, 3.8) is 0 Å². The minimum atomic E-state index is -1.06. The van der Waals surface area contributed by atoms with Gasteiger partial charge in [-0.25, -0.2) is 4.79 Å². The summed E-state index contributed by atoms with van der Waals surface area (Å²) in [6.45, 7) is 5.13. The van der Waals surface area contributed by atoms with E-state index in [1.165, 1.54) is 11.0 Å². The highest BCUT2D eigenvalue weighted by atomic mass is 16.4. The summed E-state index contributed by atoms with van der Waals surface area (Å²) in [7, 11) is 0. The van der Waals surface area contributed by atoms with E-state index in [-0.39, 0.29) is 17.9 Å². The van der Waals surface area contributed by atoms with Crippen molar-refractivity contribution in [3.8, 4) is 0 Å². The predicted molar refractivity (Wildman–Crippen MR) is 115 cm³/mol. The van der Waals surface area contributed by atoms with Gasteiger partial charge in [0.15, 0.2) is 0 Å². The van der Waals surface area contributed by atoms with E-state index in [1.54, 1.807) is 11.0 Å². The summed E-state index contributed by atoms with van der Waals surface area (Å²) in [6, 6.07) is 6.89. The van der Waals surface area contributed by atoms with Crippen LogP contribution in [0.4, 0.5) is 10.5 Å². The van der Waals surface area contributed by atoms with E-state index >= 15 is 0 Å². The molecular formula is C23H31N3O4. The minimum absolute atomic E-state index is 0.104. The number of nitrogens with one attached hydrogen (secondary N) is 1. The number of para-hydroxylation sites is 1. The van der Waals surface area contributed by atoms with Crippen LogP contribution in [0.5, 0.6) is 0 Å². The molecule has 162 valence electrons. The number of carboxylic acid groups (broad SMARTS) is 1. The first-order valence-electron chi connectivity index (χ1n) is 10.7. The maximum Gasteiger partial charge on any atom is 0.407 e. The van der Waals surface area contributed by atoms with Crippen molar-refractivity contribution < 1.29 is 19.5 Å². The van der Waals surface area contributed by atoms with Crippen LogP contribution >= 0.6 is 0 Å². The van der Waals surface area contributed by atoms with Crippen LogP contribution in [0.2, 0.25) is 0 Å². The van der Waals surface area contributed by atoms with Gasteiger partial charge in [-0.1, -0.05) is 38.1 Å². The number of hydrogen-bond acceptors (Lipinski definition) is 3. The number of fused-ring (bicyclic) bond motifs is 1. The lowest BCUT2D eigenvalue weighted by atomic mass is 9.99. The molecule has 2 aliphatic rings. The Morgan fingerprint density at radius 3 is 2.70 bits per heavy atom. The van der Waals surface area contributed by atoms with E-state index in [1.807, 2.05) is 24.3 Å². The molecule has 30 heavy (non-hydrogen) atoms. The van der Waals surface area contributed by atoms with Gasteiger partial charge < -0.3 is 15.3 Å². The Kier molecular flexibility index (Phi) is 7.13. The average molecular weight is 414 g/mol. The van der Waals surface area contributed by atoms with Gasteiger partial charge in [0.05, 0.1) is 0 Å². The van der Waals surface area contributed by atoms with E-state index in [2.05, 4.69) is 19.2 Å². The van der Waals surface area contributed by atoms with E-state index in [0.717, 1.165) is 30.5 Å². The summed E-state index contributed by atoms with van der Waals surface area (Å²) in [5.74, 6) is -0.0800. The molecule has 2 N–H and O–H groups in total. The average Bonchev–Trinajstić information content (AvgIpc) is 3.15. The maximum atomic E-state index is 12.8. The summed E-state index contributed by atoms with van der Waals surface area (Å²) >= 11 is 0. The molecule has 1 aromatic rings. The number of benzene rings is 1. The van der Waals surface area contributed by atoms with Gasteiger partial charge in [0.2, 0.25) is 5.91 Å². The predicted octanol–water partition coefficient (Wildman–Crippen LogP) is 3.20. The molecule has 3 amide bonds. The van der Waals surface area contributed by atoms with E-state index < -0.39 is 12.1 Å². The number of nitrogens with zero attached hydrogens (tertiary/aromatic N) is 2. The summed E-state index contributed by atoms with van der Waals surface area (Å²) in [4.78, 5) is 40.0. The van der Waals surface area contributed by atoms with Gasteiger partial charge >= 0.3 is 6.09 Å². The second-order valence-corrected chi connectivity index (χ2v) is 8.46. The first-order valence-corrected chi connectivity index (χ1v) is 10.7. The van der Waals surface area contributed by atoms with Crippen molar-refractivity contribution in [2.45, 2.75) is 58.0 Å². The SMILES string of the molecule is CC(C)C[C@@H](/C=C/C(=O)N1CCc2ccccc21)NC(=O)[C@@H]1CCCCN1C(=O)O. The molecule has 0 aromatic heterocycles. The minimum Gasteiger partial charge on any atom is -0.465 e. The number of amides is 3. The molecule has 3 rings (SSSR count). The fraction of sp³-hybridized carbons (Fsp3) is 0.522. The van der Waals surface area contributed by atoms with Crippen molar-refractivity contribution in [1.29, 1.82) is 0 Å². The second kappa shape index (κ2) is 9.78. The smallest absolute Gasteiger partial charge is 0.407 e. The van der Waals surface area contributed by atoms with Crippen molar-refractivity contribution in [2.75, 3.05) is 18.0 Å². The molecule has 1 aromatic carbocycles. The Morgan fingerprint density at radius 2 is 1.97 bits per heavy atom. The van der Waals surface area contributed by atoms with Gasteiger partial charge in [0.25, 0.3) is 5.91 Å². The van der Waals surface area contributed by atoms with Crippen LogP contribution in [-0.4, -0.2) is 53.1 Å². The monoisotopic (exact) mass is 413 g/mol. The third-order valence-corrected chi connectivity index (χ3v) is 5.73. The molecule has 2 heterocycles. The third-order valence-electron chi connectivity index (χ3n) is 5.73. The quantitative estimate of drug-likeness (QED) is 0.701. The van der Waals surface area contributed by atoms with Crippen molar-refractivity contribution >= 4 is 23.6 Å². The Hall–Kier alpha value is -2.83. The molecule has 2 atom stereocenters. The molecule has 0 radical (unpaired) electrons. The van der Waals surface area contributed by atoms with Crippen molar-refractivity contribution in [2.24, 2.45) is 5.92 Å². The Labute approximate surface area is 177 Å². The molecule has 1 saturated heterocycles. The number of carbonyl (C=O) groups excluding carboxylic acids is 2. The van der Waals surface area contributed by atoms with E-state index in [9.17, 15) is 19.5 Å². The Bertz CT molecular complexity index is 820. The fourth-order valence-electron chi connectivity index (χ4n) is 4.26. The number of likely N-dealkylation sites (tertiary alicyclic amines) is 1. The number of rotatable bonds is 6. The van der Waals surface area contributed by atoms with Crippen LogP contribution in [0.1, 0.15) is 45.1 Å². The molecule has 0 aliphatic carbocycles. The normalized spacial score (nSPS) is 19.8. The second-order valence-electron chi connectivity index (χ2n) is 8.46. The molecule has 0 spiro atoms. The zero-order chi connectivity index (χ0) is 21.7. The van der Waals surface area contributed by atoms with Gasteiger partial charge in [-0.3, -0.25) is 14.5 Å². The van der Waals surface area contributed by atoms with Crippen molar-refractivity contribution in [1.82, 2.24) is 10.2 Å². The Morgan fingerprint density at radius 1 is 1.20 bits per heavy atom. The van der Waals surface area contributed by atoms with Gasteiger partial charge in [-0.2, -0.15) is 0 Å². The highest BCUT2D eigenvalue weighted by Gasteiger charge is 2.33. The molecule has 7 nitrogen and oxygen atoms in total. The molecule has 1 fully saturated rings. The standard InChI is InChI=1S/C23H31N3O4/c1-16(2)15-18(24-22(28)20-9-5-6-13-26(20)23(29)30)10-11-21(27)25-14-12-17-7-3-4-8-19(17)25/h3-4,7-8,10-11,16,18,20H,5-6,9,12-15H2,1-2H3,(H,24,28)(H,29,30)/b11-10+/t18-,20+/m1/s1. The fourth-order valence-corrected chi connectivity index (χ4v) is 4.26. The summed E-state index contributed by atoms with van der Waals surface area (Å²) < 4.78 is 0. The van der Waals surface area contributed by atoms with Gasteiger partial charge in [-0.15, -0.1) is 0 Å². The number of carbonyl (C=O) groups is 3.